The second-order valence-electron chi connectivity index (χ2n) is 16.6. The largest absolute Gasteiger partial charge is 0.496 e. The number of methoxy groups -OCH3 is 1. The number of hydrogen-bond donors (Lipinski definition) is 1. The van der Waals surface area contributed by atoms with Crippen molar-refractivity contribution >= 4 is 44.4 Å². The van der Waals surface area contributed by atoms with Gasteiger partial charge in [-0.1, -0.05) is 12.2 Å². The molecule has 2 amide bonds. The molecule has 2 aliphatic heterocycles. The first-order chi connectivity index (χ1) is 26.7. The minimum absolute atomic E-state index is 0.000145. The highest BCUT2D eigenvalue weighted by Crippen LogP contribution is 2.57. The van der Waals surface area contributed by atoms with Crippen LogP contribution in [-0.4, -0.2) is 96.7 Å². The Morgan fingerprint density at radius 1 is 1.16 bits per heavy atom. The second kappa shape index (κ2) is 15.8. The van der Waals surface area contributed by atoms with Crippen molar-refractivity contribution in [1.29, 1.82) is 0 Å². The zero-order chi connectivity index (χ0) is 41.7. The summed E-state index contributed by atoms with van der Waals surface area (Å²) in [6, 6.07) is 2.80. The highest BCUT2D eigenvalue weighted by atomic mass is 32.2. The van der Waals surface area contributed by atoms with Gasteiger partial charge in [0, 0.05) is 30.5 Å². The molecule has 1 saturated heterocycles. The van der Waals surface area contributed by atoms with E-state index in [1.165, 1.54) is 30.3 Å². The van der Waals surface area contributed by atoms with Crippen LogP contribution in [0.4, 0.5) is 13.2 Å². The van der Waals surface area contributed by atoms with Gasteiger partial charge in [-0.25, -0.2) is 26.6 Å². The smallest absolute Gasteiger partial charge is 0.307 e. The summed E-state index contributed by atoms with van der Waals surface area (Å²) < 4.78 is 92.6. The number of benzene rings is 1. The summed E-state index contributed by atoms with van der Waals surface area (Å²) in [5.74, 6) is -5.29. The molecule has 6 rings (SSSR count). The van der Waals surface area contributed by atoms with Crippen molar-refractivity contribution in [2.45, 2.75) is 127 Å². The number of carbonyl (C=O) groups excluding carboxylic acids is 4. The highest BCUT2D eigenvalue weighted by Gasteiger charge is 2.63. The van der Waals surface area contributed by atoms with E-state index in [4.69, 9.17) is 18.9 Å². The normalized spacial score (nSPS) is 29.8. The molecule has 13 nitrogen and oxygen atoms in total. The van der Waals surface area contributed by atoms with Gasteiger partial charge in [0.05, 0.1) is 59.8 Å². The van der Waals surface area contributed by atoms with Crippen molar-refractivity contribution in [2.75, 3.05) is 13.7 Å². The minimum atomic E-state index is -4.05. The number of fused-ring (bicyclic) bond motifs is 3. The molecule has 3 fully saturated rings. The number of hydrogen-bond acceptors (Lipinski definition) is 11. The Morgan fingerprint density at radius 2 is 1.88 bits per heavy atom. The van der Waals surface area contributed by atoms with E-state index in [1.54, 1.807) is 32.9 Å². The summed E-state index contributed by atoms with van der Waals surface area (Å²) in [6.07, 6.45) is 0.527. The van der Waals surface area contributed by atoms with E-state index in [1.807, 2.05) is 6.08 Å². The Labute approximate surface area is 330 Å². The maximum atomic E-state index is 14.7. The average molecular weight is 822 g/mol. The Morgan fingerprint density at radius 3 is 2.54 bits per heavy atom. The van der Waals surface area contributed by atoms with E-state index < -0.39 is 111 Å². The standard InChI is InChI=1S/C40H50F3N3O10S/c1-22-9-7-8-10-24-19-40(24,37(50)45-57(51,52)39(5)12-13-39)20-31(47)30-17-26(55-34-29-15-25(41)16-32(53-6)27(29)11-14-44-34)21-46(30)35(49)28(23(2)54-22)18-33(48)56-38(3,4)36(42)43/h8,10-11,14-16,22-24,26,28,30,36H,7,9,12-13,17-21H2,1-6H3,(H,45,50)/b10-8-/t22-,23+,24-,26-,28+,30+,40-/m1/s1. The van der Waals surface area contributed by atoms with Crippen LogP contribution in [0.15, 0.2) is 36.5 Å². The molecule has 2 saturated carbocycles. The number of halogens is 3. The van der Waals surface area contributed by atoms with Gasteiger partial charge in [0.1, 0.15) is 17.7 Å². The lowest BCUT2D eigenvalue weighted by molar-refractivity contribution is -0.176. The molecule has 312 valence electrons. The molecule has 1 N–H and O–H groups in total. The first-order valence-corrected chi connectivity index (χ1v) is 20.7. The third-order valence-electron chi connectivity index (χ3n) is 11.8. The summed E-state index contributed by atoms with van der Waals surface area (Å²) in [4.78, 5) is 62.0. The van der Waals surface area contributed by atoms with E-state index in [2.05, 4.69) is 9.71 Å². The number of ketones is 1. The molecule has 0 unspecified atom stereocenters. The molecule has 1 aromatic heterocycles. The number of nitrogens with one attached hydrogen (secondary N) is 1. The van der Waals surface area contributed by atoms with Crippen LogP contribution in [0, 0.1) is 23.1 Å². The van der Waals surface area contributed by atoms with Gasteiger partial charge in [-0.3, -0.25) is 23.9 Å². The number of ether oxygens (including phenoxy) is 4. The number of pyridine rings is 1. The van der Waals surface area contributed by atoms with Gasteiger partial charge in [-0.15, -0.1) is 0 Å². The molecular weight excluding hydrogens is 772 g/mol. The van der Waals surface area contributed by atoms with Crippen molar-refractivity contribution in [3.8, 4) is 11.6 Å². The van der Waals surface area contributed by atoms with Crippen LogP contribution in [0.25, 0.3) is 10.8 Å². The van der Waals surface area contributed by atoms with E-state index >= 15 is 0 Å². The topological polar surface area (TPSA) is 168 Å². The Balaban J connectivity index is 1.36. The number of rotatable bonds is 10. The predicted molar refractivity (Wildman–Crippen MR) is 200 cm³/mol. The quantitative estimate of drug-likeness (QED) is 0.240. The second-order valence-corrected chi connectivity index (χ2v) is 18.8. The number of sulfonamides is 1. The molecule has 0 bridgehead atoms. The fraction of sp³-hybridized carbons (Fsp3) is 0.625. The third kappa shape index (κ3) is 8.78. The molecule has 2 aliphatic carbocycles. The van der Waals surface area contributed by atoms with Crippen LogP contribution < -0.4 is 14.2 Å². The minimum Gasteiger partial charge on any atom is -0.496 e. The number of carbonyl (C=O) groups is 4. The van der Waals surface area contributed by atoms with Crippen LogP contribution in [-0.2, 0) is 38.7 Å². The predicted octanol–water partition coefficient (Wildman–Crippen LogP) is 5.43. The fourth-order valence-electron chi connectivity index (χ4n) is 7.74. The summed E-state index contributed by atoms with van der Waals surface area (Å²) in [5.41, 5.74) is -3.56. The summed E-state index contributed by atoms with van der Waals surface area (Å²) in [6.45, 7) is 6.80. The maximum Gasteiger partial charge on any atom is 0.307 e. The maximum absolute atomic E-state index is 14.7. The van der Waals surface area contributed by atoms with E-state index in [0.29, 0.717) is 31.1 Å². The average Bonchev–Trinajstić information content (AvgIpc) is 4.01. The monoisotopic (exact) mass is 821 g/mol. The van der Waals surface area contributed by atoms with Crippen molar-refractivity contribution < 1.29 is 59.7 Å². The van der Waals surface area contributed by atoms with Crippen molar-refractivity contribution in [1.82, 2.24) is 14.6 Å². The Hall–Kier alpha value is -4.25. The van der Waals surface area contributed by atoms with E-state index in [-0.39, 0.29) is 36.4 Å². The van der Waals surface area contributed by atoms with Gasteiger partial charge >= 0.3 is 5.97 Å². The lowest BCUT2D eigenvalue weighted by Gasteiger charge is -2.33. The first-order valence-electron chi connectivity index (χ1n) is 19.2. The van der Waals surface area contributed by atoms with Gasteiger partial charge in [0.15, 0.2) is 11.4 Å². The Bertz CT molecular complexity index is 2060. The molecular formula is C40H50F3N3O10S. The summed E-state index contributed by atoms with van der Waals surface area (Å²) >= 11 is 0. The van der Waals surface area contributed by atoms with Gasteiger partial charge in [-0.05, 0) is 84.8 Å². The van der Waals surface area contributed by atoms with E-state index in [0.717, 1.165) is 13.8 Å². The molecule has 1 aromatic carbocycles. The molecule has 57 heavy (non-hydrogen) atoms. The first kappa shape index (κ1) is 42.4. The fourth-order valence-corrected chi connectivity index (χ4v) is 9.07. The molecule has 3 heterocycles. The van der Waals surface area contributed by atoms with Crippen LogP contribution in [0.3, 0.4) is 0 Å². The molecule has 17 heteroatoms. The number of amides is 2. The summed E-state index contributed by atoms with van der Waals surface area (Å²) in [5, 5.41) is 0.758. The van der Waals surface area contributed by atoms with Crippen LogP contribution >= 0.6 is 0 Å². The van der Waals surface area contributed by atoms with Gasteiger partial charge in [-0.2, -0.15) is 0 Å². The lowest BCUT2D eigenvalue weighted by atomic mass is 9.90. The van der Waals surface area contributed by atoms with E-state index in [9.17, 15) is 40.8 Å². The van der Waals surface area contributed by atoms with Gasteiger partial charge in [0.2, 0.25) is 27.7 Å². The SMILES string of the molecule is COc1cc(F)cc2c(O[C@@H]3C[C@H]4C(=O)C[C@]5(C(=O)NS(=O)(=O)C6(C)CC6)C[C@H]5/C=C\CC[C@@H](C)O[C@@H](C)[C@H](CC(=O)OC(C)(C)C(F)F)C(=O)N4C3)nccc12. The Kier molecular flexibility index (Phi) is 11.8. The number of nitrogens with zero attached hydrogens (tertiary/aromatic N) is 2. The zero-order valence-electron chi connectivity index (χ0n) is 32.9. The van der Waals surface area contributed by atoms with Crippen molar-refractivity contribution in [3.05, 3.63) is 42.4 Å². The number of Topliss-reactive ketones (excluding diaryl/α,β-unsaturated/α-hetero) is 1. The zero-order valence-corrected chi connectivity index (χ0v) is 33.7. The van der Waals surface area contributed by atoms with Gasteiger partial charge in [0.25, 0.3) is 6.43 Å². The number of aromatic nitrogens is 1. The summed E-state index contributed by atoms with van der Waals surface area (Å²) in [7, 11) is -2.66. The van der Waals surface area contributed by atoms with Crippen LogP contribution in [0.5, 0.6) is 11.6 Å². The molecule has 4 aliphatic rings. The number of esters is 1. The molecule has 0 radical (unpaired) electrons. The van der Waals surface area contributed by atoms with Crippen molar-refractivity contribution in [2.24, 2.45) is 17.3 Å². The third-order valence-corrected chi connectivity index (χ3v) is 14.0. The molecule has 0 spiro atoms. The molecule has 2 aromatic rings. The highest BCUT2D eigenvalue weighted by molar-refractivity contribution is 7.91. The van der Waals surface area contributed by atoms with Crippen LogP contribution in [0.2, 0.25) is 0 Å². The van der Waals surface area contributed by atoms with Gasteiger partial charge < -0.3 is 23.8 Å². The number of alkyl halides is 2. The van der Waals surface area contributed by atoms with Crippen molar-refractivity contribution in [3.63, 3.8) is 0 Å². The van der Waals surface area contributed by atoms with Crippen LogP contribution in [0.1, 0.15) is 86.0 Å². The lowest BCUT2D eigenvalue weighted by Crippen LogP contribution is -2.49. The number of allylic oxidation sites excluding steroid dienone is 2. The molecule has 7 atom stereocenters.